The Labute approximate surface area is 207 Å². The number of aromatic nitrogens is 2. The molecule has 0 aliphatic heterocycles. The third kappa shape index (κ3) is 4.08. The number of fused-ring (bicyclic) bond motifs is 3. The van der Waals surface area contributed by atoms with Crippen LogP contribution in [0.2, 0.25) is 0 Å². The molecule has 172 valence electrons. The summed E-state index contributed by atoms with van der Waals surface area (Å²) in [7, 11) is -4.07. The lowest BCUT2D eigenvalue weighted by molar-refractivity contribution is 0.327. The van der Waals surface area contributed by atoms with Gasteiger partial charge in [0.15, 0.2) is 16.5 Å². The molecule has 0 aliphatic carbocycles. The second-order valence-corrected chi connectivity index (χ2v) is 10.7. The SMILES string of the molecule is CCOc1cc(/C=c2\sc3nc4ccccc4n3c2=O)cc(Br)c1OS(=O)(=O)c1ccccc1. The fourth-order valence-electron chi connectivity index (χ4n) is 3.52. The van der Waals surface area contributed by atoms with Crippen molar-refractivity contribution in [1.29, 1.82) is 0 Å². The van der Waals surface area contributed by atoms with Crippen LogP contribution < -0.4 is 19.0 Å². The molecule has 5 rings (SSSR count). The van der Waals surface area contributed by atoms with Gasteiger partial charge in [-0.1, -0.05) is 41.7 Å². The minimum Gasteiger partial charge on any atom is -0.490 e. The minimum atomic E-state index is -4.07. The Morgan fingerprint density at radius 2 is 1.82 bits per heavy atom. The molecule has 0 unspecified atom stereocenters. The first kappa shape index (κ1) is 22.6. The molecule has 0 fully saturated rings. The number of imidazole rings is 1. The molecule has 0 saturated heterocycles. The number of hydrogen-bond donors (Lipinski definition) is 0. The van der Waals surface area contributed by atoms with Gasteiger partial charge >= 0.3 is 10.1 Å². The zero-order valence-electron chi connectivity index (χ0n) is 17.8. The van der Waals surface area contributed by atoms with Crippen molar-refractivity contribution >= 4 is 59.5 Å². The second kappa shape index (κ2) is 8.86. The van der Waals surface area contributed by atoms with Gasteiger partial charge in [-0.25, -0.2) is 9.38 Å². The third-order valence-electron chi connectivity index (χ3n) is 5.00. The summed E-state index contributed by atoms with van der Waals surface area (Å²) in [6, 6.07) is 18.7. The summed E-state index contributed by atoms with van der Waals surface area (Å²) in [6.07, 6.45) is 1.72. The smallest absolute Gasteiger partial charge is 0.339 e. The van der Waals surface area contributed by atoms with Crippen LogP contribution in [-0.2, 0) is 10.1 Å². The van der Waals surface area contributed by atoms with Crippen LogP contribution in [0.25, 0.3) is 22.1 Å². The van der Waals surface area contributed by atoms with Crippen molar-refractivity contribution in [1.82, 2.24) is 9.38 Å². The van der Waals surface area contributed by atoms with E-state index in [-0.39, 0.29) is 22.0 Å². The molecule has 0 amide bonds. The third-order valence-corrected chi connectivity index (χ3v) is 7.79. The van der Waals surface area contributed by atoms with Gasteiger partial charge in [-0.2, -0.15) is 8.42 Å². The fourth-order valence-corrected chi connectivity index (χ4v) is 6.14. The average molecular weight is 557 g/mol. The van der Waals surface area contributed by atoms with Gasteiger partial charge in [0, 0.05) is 0 Å². The first-order valence-electron chi connectivity index (χ1n) is 10.2. The summed E-state index contributed by atoms with van der Waals surface area (Å²) in [5, 5.41) is 0. The quantitative estimate of drug-likeness (QED) is 0.288. The topological polar surface area (TPSA) is 87.0 Å². The maximum Gasteiger partial charge on any atom is 0.339 e. The van der Waals surface area contributed by atoms with E-state index in [0.29, 0.717) is 26.1 Å². The normalized spacial score (nSPS) is 12.5. The van der Waals surface area contributed by atoms with E-state index in [1.807, 2.05) is 24.3 Å². The summed E-state index contributed by atoms with van der Waals surface area (Å²) in [5.74, 6) is 0.277. The predicted molar refractivity (Wildman–Crippen MR) is 135 cm³/mol. The van der Waals surface area contributed by atoms with E-state index in [4.69, 9.17) is 8.92 Å². The molecular formula is C24H17BrN2O5S2. The highest BCUT2D eigenvalue weighted by Gasteiger charge is 2.22. The lowest BCUT2D eigenvalue weighted by atomic mass is 10.2. The van der Waals surface area contributed by atoms with Crippen LogP contribution in [0.3, 0.4) is 0 Å². The Balaban J connectivity index is 1.59. The highest BCUT2D eigenvalue weighted by Crippen LogP contribution is 2.39. The summed E-state index contributed by atoms with van der Waals surface area (Å²) in [4.78, 5) is 18.2. The van der Waals surface area contributed by atoms with Gasteiger partial charge in [0.1, 0.15) is 4.90 Å². The number of ether oxygens (including phenoxy) is 1. The molecule has 7 nitrogen and oxygen atoms in total. The summed E-state index contributed by atoms with van der Waals surface area (Å²) in [5.41, 5.74) is 1.99. The van der Waals surface area contributed by atoms with Crippen molar-refractivity contribution in [3.8, 4) is 11.5 Å². The number of hydrogen-bond acceptors (Lipinski definition) is 7. The first-order valence-corrected chi connectivity index (χ1v) is 13.3. The van der Waals surface area contributed by atoms with E-state index in [1.54, 1.807) is 47.7 Å². The lowest BCUT2D eigenvalue weighted by Gasteiger charge is -2.14. The largest absolute Gasteiger partial charge is 0.490 e. The van der Waals surface area contributed by atoms with Gasteiger partial charge < -0.3 is 8.92 Å². The van der Waals surface area contributed by atoms with Crippen LogP contribution in [0.1, 0.15) is 12.5 Å². The van der Waals surface area contributed by atoms with E-state index in [2.05, 4.69) is 20.9 Å². The molecular weight excluding hydrogens is 540 g/mol. The van der Waals surface area contributed by atoms with Gasteiger partial charge in [0.2, 0.25) is 0 Å². The van der Waals surface area contributed by atoms with Crippen molar-refractivity contribution in [2.75, 3.05) is 6.61 Å². The molecule has 5 aromatic rings. The molecule has 0 N–H and O–H groups in total. The monoisotopic (exact) mass is 556 g/mol. The van der Waals surface area contributed by atoms with E-state index in [0.717, 1.165) is 11.0 Å². The Bertz CT molecular complexity index is 1750. The maximum atomic E-state index is 13.1. The van der Waals surface area contributed by atoms with Gasteiger partial charge in [0.25, 0.3) is 5.56 Å². The summed E-state index contributed by atoms with van der Waals surface area (Å²) < 4.78 is 39.1. The molecule has 0 aliphatic rings. The van der Waals surface area contributed by atoms with Crippen LogP contribution in [0.5, 0.6) is 11.5 Å². The summed E-state index contributed by atoms with van der Waals surface area (Å²) >= 11 is 4.68. The molecule has 0 saturated carbocycles. The number of para-hydroxylation sites is 2. The molecule has 3 aromatic carbocycles. The van der Waals surface area contributed by atoms with Gasteiger partial charge in [0.05, 0.1) is 26.6 Å². The Morgan fingerprint density at radius 1 is 1.09 bits per heavy atom. The highest BCUT2D eigenvalue weighted by atomic mass is 79.9. The van der Waals surface area contributed by atoms with E-state index < -0.39 is 10.1 Å². The van der Waals surface area contributed by atoms with Gasteiger partial charge in [-0.05, 0) is 70.9 Å². The highest BCUT2D eigenvalue weighted by molar-refractivity contribution is 9.10. The van der Waals surface area contributed by atoms with Crippen molar-refractivity contribution in [2.45, 2.75) is 11.8 Å². The number of rotatable bonds is 6. The van der Waals surface area contributed by atoms with Crippen molar-refractivity contribution < 1.29 is 17.3 Å². The maximum absolute atomic E-state index is 13.1. The van der Waals surface area contributed by atoms with Crippen LogP contribution >= 0.6 is 27.3 Å². The zero-order valence-corrected chi connectivity index (χ0v) is 21.0. The second-order valence-electron chi connectivity index (χ2n) is 7.25. The Morgan fingerprint density at radius 3 is 2.59 bits per heavy atom. The molecule has 0 spiro atoms. The van der Waals surface area contributed by atoms with Crippen molar-refractivity contribution in [3.05, 3.63) is 91.7 Å². The molecule has 0 atom stereocenters. The summed E-state index contributed by atoms with van der Waals surface area (Å²) in [6.45, 7) is 2.08. The molecule has 0 bridgehead atoms. The van der Waals surface area contributed by atoms with E-state index in [9.17, 15) is 13.2 Å². The Hall–Kier alpha value is -3.21. The molecule has 0 radical (unpaired) electrons. The van der Waals surface area contributed by atoms with Crippen LogP contribution in [0.15, 0.2) is 80.9 Å². The van der Waals surface area contributed by atoms with Crippen molar-refractivity contribution in [2.24, 2.45) is 0 Å². The molecule has 10 heteroatoms. The van der Waals surface area contributed by atoms with E-state index in [1.165, 1.54) is 23.5 Å². The molecule has 34 heavy (non-hydrogen) atoms. The average Bonchev–Trinajstić information content (AvgIpc) is 3.33. The van der Waals surface area contributed by atoms with Crippen LogP contribution in [-0.4, -0.2) is 24.4 Å². The van der Waals surface area contributed by atoms with E-state index >= 15 is 0 Å². The number of thiazole rings is 1. The van der Waals surface area contributed by atoms with Crippen LogP contribution in [0.4, 0.5) is 0 Å². The van der Waals surface area contributed by atoms with Crippen molar-refractivity contribution in [3.63, 3.8) is 0 Å². The number of halogens is 1. The fraction of sp³-hybridized carbons (Fsp3) is 0.0833. The Kier molecular flexibility index (Phi) is 5.88. The predicted octanol–water partition coefficient (Wildman–Crippen LogP) is 4.39. The molecule has 2 aromatic heterocycles. The first-order chi connectivity index (χ1) is 16.4. The lowest BCUT2D eigenvalue weighted by Crippen LogP contribution is -2.22. The molecule has 2 heterocycles. The number of nitrogens with zero attached hydrogens (tertiary/aromatic N) is 2. The minimum absolute atomic E-state index is 0.0325. The standard InChI is InChI=1S/C24H17BrN2O5S2/c1-2-31-20-13-15(12-17(25)22(20)32-34(29,30)16-8-4-3-5-9-16)14-21-23(28)27-19-11-7-6-10-18(19)26-24(27)33-21/h3-14H,2H2,1H3/b21-14-. The van der Waals surface area contributed by atoms with Gasteiger partial charge in [-0.15, -0.1) is 0 Å². The zero-order chi connectivity index (χ0) is 23.9. The number of benzene rings is 3. The van der Waals surface area contributed by atoms with Gasteiger partial charge in [-0.3, -0.25) is 4.79 Å². The van der Waals surface area contributed by atoms with Crippen LogP contribution in [0, 0.1) is 0 Å².